The van der Waals surface area contributed by atoms with Gasteiger partial charge in [0.1, 0.15) is 0 Å². The number of thioether (sulfide) groups is 1. The van der Waals surface area contributed by atoms with Crippen molar-refractivity contribution in [3.63, 3.8) is 0 Å². The number of hydrazone groups is 1. The van der Waals surface area contributed by atoms with E-state index in [9.17, 15) is 19.7 Å². The molecule has 0 saturated carbocycles. The normalized spacial score (nSPS) is 14.0. The van der Waals surface area contributed by atoms with Gasteiger partial charge in [-0.25, -0.2) is 5.01 Å². The minimum Gasteiger partial charge on any atom is -0.493 e. The molecular formula is C34H31N7O6S2. The minimum absolute atomic E-state index is 0.00575. The molecule has 0 radical (unpaired) electrons. The largest absolute Gasteiger partial charge is 0.493 e. The summed E-state index contributed by atoms with van der Waals surface area (Å²) >= 11 is 2.76. The number of nitrogens with one attached hydrogen (secondary N) is 1. The SMILES string of the molecule is COc1cccc([C@@H]2CC(c3cccs3)=NN2C(=O)CSc2nnc(CNC(=O)c3cccc([N+](=O)[O-])c3C)n2-c2ccccc2)c1OC. The van der Waals surface area contributed by atoms with Crippen LogP contribution in [0.5, 0.6) is 11.5 Å². The highest BCUT2D eigenvalue weighted by Crippen LogP contribution is 2.42. The maximum atomic E-state index is 14.0. The molecule has 1 aliphatic rings. The van der Waals surface area contributed by atoms with Gasteiger partial charge in [-0.15, -0.1) is 21.5 Å². The van der Waals surface area contributed by atoms with Gasteiger partial charge in [0.2, 0.25) is 0 Å². The summed E-state index contributed by atoms with van der Waals surface area (Å²) in [5.41, 5.74) is 2.63. The fourth-order valence-electron chi connectivity index (χ4n) is 5.61. The molecule has 2 aromatic heterocycles. The lowest BCUT2D eigenvalue weighted by Crippen LogP contribution is -2.29. The van der Waals surface area contributed by atoms with Gasteiger partial charge in [-0.05, 0) is 42.6 Å². The molecule has 0 fully saturated rings. The Morgan fingerprint density at radius 1 is 1.02 bits per heavy atom. The number of methoxy groups -OCH3 is 2. The number of rotatable bonds is 12. The quantitative estimate of drug-likeness (QED) is 0.0945. The van der Waals surface area contributed by atoms with Crippen molar-refractivity contribution in [2.24, 2.45) is 5.10 Å². The molecule has 250 valence electrons. The Labute approximate surface area is 289 Å². The number of para-hydroxylation sites is 2. The summed E-state index contributed by atoms with van der Waals surface area (Å²) in [4.78, 5) is 38.9. The smallest absolute Gasteiger partial charge is 0.273 e. The molecule has 5 aromatic rings. The highest BCUT2D eigenvalue weighted by atomic mass is 32.2. The molecule has 3 aromatic carbocycles. The summed E-state index contributed by atoms with van der Waals surface area (Å²) in [7, 11) is 3.14. The van der Waals surface area contributed by atoms with Gasteiger partial charge < -0.3 is 14.8 Å². The Morgan fingerprint density at radius 3 is 2.53 bits per heavy atom. The number of nitro groups is 1. The molecule has 2 amide bonds. The number of nitrogens with zero attached hydrogens (tertiary/aromatic N) is 6. The molecule has 1 N–H and O–H groups in total. The maximum Gasteiger partial charge on any atom is 0.273 e. The first-order valence-corrected chi connectivity index (χ1v) is 17.0. The van der Waals surface area contributed by atoms with E-state index in [4.69, 9.17) is 14.6 Å². The molecule has 0 bridgehead atoms. The van der Waals surface area contributed by atoms with E-state index in [0.717, 1.165) is 21.8 Å². The number of aromatic nitrogens is 3. The molecule has 3 heterocycles. The highest BCUT2D eigenvalue weighted by Gasteiger charge is 2.36. The Balaban J connectivity index is 1.25. The molecule has 1 aliphatic heterocycles. The second-order valence-corrected chi connectivity index (χ2v) is 12.7. The van der Waals surface area contributed by atoms with E-state index in [1.54, 1.807) is 30.1 Å². The third-order valence-electron chi connectivity index (χ3n) is 7.96. The van der Waals surface area contributed by atoms with Crippen molar-refractivity contribution < 1.29 is 24.0 Å². The molecule has 0 aliphatic carbocycles. The topological polar surface area (TPSA) is 154 Å². The number of amides is 2. The van der Waals surface area contributed by atoms with Crippen molar-refractivity contribution in [3.05, 3.63) is 122 Å². The lowest BCUT2D eigenvalue weighted by Gasteiger charge is -2.24. The van der Waals surface area contributed by atoms with Gasteiger partial charge in [-0.2, -0.15) is 5.10 Å². The Morgan fingerprint density at radius 2 is 1.82 bits per heavy atom. The predicted octanol–water partition coefficient (Wildman–Crippen LogP) is 5.96. The van der Waals surface area contributed by atoms with Crippen molar-refractivity contribution in [2.75, 3.05) is 20.0 Å². The Hall–Kier alpha value is -5.54. The maximum absolute atomic E-state index is 14.0. The molecule has 6 rings (SSSR count). The van der Waals surface area contributed by atoms with Crippen LogP contribution in [0.3, 0.4) is 0 Å². The van der Waals surface area contributed by atoms with E-state index in [2.05, 4.69) is 15.5 Å². The predicted molar refractivity (Wildman–Crippen MR) is 186 cm³/mol. The van der Waals surface area contributed by atoms with Crippen LogP contribution in [0.15, 0.2) is 94.5 Å². The summed E-state index contributed by atoms with van der Waals surface area (Å²) < 4.78 is 13.0. The number of nitro benzene ring substituents is 1. The molecule has 13 nitrogen and oxygen atoms in total. The zero-order valence-electron chi connectivity index (χ0n) is 26.7. The molecule has 0 spiro atoms. The van der Waals surface area contributed by atoms with Crippen LogP contribution in [0.25, 0.3) is 5.69 Å². The molecule has 1 atom stereocenters. The number of thiophene rings is 1. The number of carbonyl (C=O) groups is 2. The number of benzene rings is 3. The number of hydrogen-bond donors (Lipinski definition) is 1. The van der Waals surface area contributed by atoms with Gasteiger partial charge in [0.25, 0.3) is 17.5 Å². The van der Waals surface area contributed by atoms with Gasteiger partial charge in [0, 0.05) is 34.9 Å². The number of carbonyl (C=O) groups excluding carboxylic acids is 2. The fourth-order valence-corrected chi connectivity index (χ4v) is 7.15. The number of ether oxygens (including phenoxy) is 2. The molecule has 15 heteroatoms. The highest BCUT2D eigenvalue weighted by molar-refractivity contribution is 7.99. The van der Waals surface area contributed by atoms with Crippen LogP contribution >= 0.6 is 23.1 Å². The van der Waals surface area contributed by atoms with E-state index in [1.807, 2.05) is 66.0 Å². The van der Waals surface area contributed by atoms with Crippen molar-refractivity contribution >= 4 is 46.3 Å². The first-order valence-electron chi connectivity index (χ1n) is 15.1. The van der Waals surface area contributed by atoms with Gasteiger partial charge in [0.05, 0.1) is 48.1 Å². The zero-order valence-corrected chi connectivity index (χ0v) is 28.4. The van der Waals surface area contributed by atoms with E-state index in [1.165, 1.54) is 41.9 Å². The lowest BCUT2D eigenvalue weighted by atomic mass is 9.99. The monoisotopic (exact) mass is 697 g/mol. The third-order valence-corrected chi connectivity index (χ3v) is 9.79. The van der Waals surface area contributed by atoms with Crippen LogP contribution in [0.1, 0.15) is 44.6 Å². The fraction of sp³-hybridized carbons (Fsp3) is 0.206. The van der Waals surface area contributed by atoms with E-state index in [-0.39, 0.29) is 35.0 Å². The van der Waals surface area contributed by atoms with Crippen molar-refractivity contribution in [1.29, 1.82) is 0 Å². The van der Waals surface area contributed by atoms with Crippen LogP contribution in [0, 0.1) is 17.0 Å². The average Bonchev–Trinajstić information content (AvgIpc) is 3.90. The summed E-state index contributed by atoms with van der Waals surface area (Å²) in [5.74, 6) is 0.775. The van der Waals surface area contributed by atoms with Crippen LogP contribution in [-0.4, -0.2) is 62.2 Å². The van der Waals surface area contributed by atoms with Crippen molar-refractivity contribution in [1.82, 2.24) is 25.1 Å². The Kier molecular flexibility index (Phi) is 10.0. The third kappa shape index (κ3) is 6.89. The lowest BCUT2D eigenvalue weighted by molar-refractivity contribution is -0.385. The average molecular weight is 698 g/mol. The second kappa shape index (κ2) is 14.7. The van der Waals surface area contributed by atoms with Crippen LogP contribution in [0.2, 0.25) is 0 Å². The van der Waals surface area contributed by atoms with Crippen molar-refractivity contribution in [2.45, 2.75) is 31.1 Å². The van der Waals surface area contributed by atoms with Crippen LogP contribution in [-0.2, 0) is 11.3 Å². The minimum atomic E-state index is -0.519. The zero-order chi connectivity index (χ0) is 34.5. The van der Waals surface area contributed by atoms with Crippen LogP contribution < -0.4 is 14.8 Å². The summed E-state index contributed by atoms with van der Waals surface area (Å²) in [6, 6.07) is 22.8. The summed E-state index contributed by atoms with van der Waals surface area (Å²) in [6.45, 7) is 1.52. The van der Waals surface area contributed by atoms with Gasteiger partial charge in [-0.3, -0.25) is 24.3 Å². The van der Waals surface area contributed by atoms with Crippen molar-refractivity contribution in [3.8, 4) is 17.2 Å². The van der Waals surface area contributed by atoms with E-state index < -0.39 is 16.9 Å². The Bertz CT molecular complexity index is 2030. The van der Waals surface area contributed by atoms with Gasteiger partial charge in [0.15, 0.2) is 22.5 Å². The second-order valence-electron chi connectivity index (χ2n) is 10.8. The molecule has 49 heavy (non-hydrogen) atoms. The molecule has 0 saturated heterocycles. The first kappa shape index (κ1) is 33.4. The standard InChI is InChI=1S/C34H31N7O6S2/c1-21-23(12-7-14-26(21)41(44)45)33(43)35-19-30-36-37-34(39(30)22-10-5-4-6-11-22)49-20-31(42)40-27(18-25(38-40)29-16-9-17-48-29)24-13-8-15-28(46-2)32(24)47-3/h4-17,27H,18-20H2,1-3H3,(H,35,43)/t27-/m0/s1. The van der Waals surface area contributed by atoms with E-state index in [0.29, 0.717) is 28.9 Å². The molecular weight excluding hydrogens is 667 g/mol. The van der Waals surface area contributed by atoms with Gasteiger partial charge in [-0.1, -0.05) is 54.2 Å². The molecule has 0 unspecified atom stereocenters. The first-order chi connectivity index (χ1) is 23.8. The number of hydrogen-bond acceptors (Lipinski definition) is 11. The van der Waals surface area contributed by atoms with Gasteiger partial charge >= 0.3 is 0 Å². The van der Waals surface area contributed by atoms with Crippen LogP contribution in [0.4, 0.5) is 5.69 Å². The van der Waals surface area contributed by atoms with E-state index >= 15 is 0 Å². The summed E-state index contributed by atoms with van der Waals surface area (Å²) in [6.07, 6.45) is 0.495. The summed E-state index contributed by atoms with van der Waals surface area (Å²) in [5, 5.41) is 31.6.